The van der Waals surface area contributed by atoms with Crippen molar-refractivity contribution in [3.05, 3.63) is 29.8 Å². The van der Waals surface area contributed by atoms with E-state index in [1.165, 1.54) is 12.1 Å². The van der Waals surface area contributed by atoms with E-state index in [2.05, 4.69) is 11.7 Å². The Kier molecular flexibility index (Phi) is 6.33. The van der Waals surface area contributed by atoms with Gasteiger partial charge < -0.3 is 9.64 Å². The van der Waals surface area contributed by atoms with Gasteiger partial charge >= 0.3 is 6.61 Å². The van der Waals surface area contributed by atoms with Crippen molar-refractivity contribution in [2.45, 2.75) is 32.9 Å². The molecule has 0 atom stereocenters. The lowest BCUT2D eigenvalue weighted by Gasteiger charge is -2.31. The fraction of sp³-hybridized carbons (Fsp3) is 0.588. The predicted octanol–water partition coefficient (Wildman–Crippen LogP) is 2.98. The number of piperidine rings is 1. The highest BCUT2D eigenvalue weighted by atomic mass is 19.3. The molecule has 0 spiro atoms. The van der Waals surface area contributed by atoms with E-state index in [9.17, 15) is 13.6 Å². The molecule has 0 unspecified atom stereocenters. The van der Waals surface area contributed by atoms with Gasteiger partial charge in [-0.3, -0.25) is 9.69 Å². The summed E-state index contributed by atoms with van der Waals surface area (Å²) >= 11 is 0. The largest absolute Gasteiger partial charge is 0.435 e. The zero-order valence-corrected chi connectivity index (χ0v) is 13.7. The number of amides is 1. The molecule has 1 aliphatic heterocycles. The number of carbonyl (C=O) groups excluding carboxylic acids is 1. The van der Waals surface area contributed by atoms with Crippen molar-refractivity contribution >= 4 is 5.91 Å². The summed E-state index contributed by atoms with van der Waals surface area (Å²) in [5.74, 6) is 0.993. The highest BCUT2D eigenvalue weighted by molar-refractivity contribution is 5.78. The molecule has 1 fully saturated rings. The Morgan fingerprint density at radius 3 is 2.48 bits per heavy atom. The Morgan fingerprint density at radius 1 is 1.30 bits per heavy atom. The summed E-state index contributed by atoms with van der Waals surface area (Å²) in [4.78, 5) is 16.1. The number of nitrogens with zero attached hydrogens (tertiary/aromatic N) is 2. The van der Waals surface area contributed by atoms with E-state index in [-0.39, 0.29) is 11.7 Å². The first-order chi connectivity index (χ1) is 10.9. The minimum atomic E-state index is -2.81. The van der Waals surface area contributed by atoms with Gasteiger partial charge in [0.2, 0.25) is 5.91 Å². The van der Waals surface area contributed by atoms with Crippen molar-refractivity contribution in [1.29, 1.82) is 0 Å². The Balaban J connectivity index is 1.79. The van der Waals surface area contributed by atoms with Crippen molar-refractivity contribution < 1.29 is 18.3 Å². The Morgan fingerprint density at radius 2 is 1.91 bits per heavy atom. The Hall–Kier alpha value is -1.69. The molecule has 23 heavy (non-hydrogen) atoms. The van der Waals surface area contributed by atoms with Gasteiger partial charge in [-0.2, -0.15) is 8.78 Å². The van der Waals surface area contributed by atoms with Crippen LogP contribution >= 0.6 is 0 Å². The van der Waals surface area contributed by atoms with Gasteiger partial charge in [-0.05, 0) is 43.5 Å². The van der Waals surface area contributed by atoms with Gasteiger partial charge in [-0.1, -0.05) is 19.1 Å². The summed E-state index contributed by atoms with van der Waals surface area (Å²) < 4.78 is 28.5. The van der Waals surface area contributed by atoms with Crippen LogP contribution in [0.4, 0.5) is 8.78 Å². The van der Waals surface area contributed by atoms with Crippen LogP contribution in [0.2, 0.25) is 0 Å². The number of ether oxygens (including phenoxy) is 1. The lowest BCUT2D eigenvalue weighted by Crippen LogP contribution is -2.42. The Bertz CT molecular complexity index is 500. The second kappa shape index (κ2) is 8.24. The molecule has 1 amide bonds. The molecular formula is C17H24F2N2O2. The van der Waals surface area contributed by atoms with E-state index >= 15 is 0 Å². The SMILES string of the molecule is CC1CCN(C(=O)CN(C)Cc2ccc(OC(F)F)cc2)CC1. The minimum absolute atomic E-state index is 0.143. The smallest absolute Gasteiger partial charge is 0.387 e. The first-order valence-electron chi connectivity index (χ1n) is 7.94. The van der Waals surface area contributed by atoms with Crippen LogP contribution in [0, 0.1) is 5.92 Å². The minimum Gasteiger partial charge on any atom is -0.435 e. The highest BCUT2D eigenvalue weighted by Gasteiger charge is 2.21. The van der Waals surface area contributed by atoms with Crippen LogP contribution in [0.25, 0.3) is 0 Å². The van der Waals surface area contributed by atoms with Gasteiger partial charge in [0.15, 0.2) is 0 Å². The normalized spacial score (nSPS) is 16.2. The lowest BCUT2D eigenvalue weighted by atomic mass is 9.99. The molecular weight excluding hydrogens is 302 g/mol. The molecule has 0 aromatic heterocycles. The third-order valence-corrected chi connectivity index (χ3v) is 4.14. The van der Waals surface area contributed by atoms with Crippen molar-refractivity contribution in [3.8, 4) is 5.75 Å². The molecule has 6 heteroatoms. The summed E-state index contributed by atoms with van der Waals surface area (Å²) in [6.45, 7) is 2.04. The summed E-state index contributed by atoms with van der Waals surface area (Å²) in [6, 6.07) is 6.51. The molecule has 0 radical (unpaired) electrons. The monoisotopic (exact) mass is 326 g/mol. The summed E-state index contributed by atoms with van der Waals surface area (Å²) in [5, 5.41) is 0. The average molecular weight is 326 g/mol. The summed E-state index contributed by atoms with van der Waals surface area (Å²) in [5.41, 5.74) is 0.953. The third-order valence-electron chi connectivity index (χ3n) is 4.14. The van der Waals surface area contributed by atoms with Crippen LogP contribution in [-0.4, -0.2) is 49.0 Å². The number of rotatable bonds is 6. The molecule has 0 N–H and O–H groups in total. The van der Waals surface area contributed by atoms with Crippen LogP contribution in [-0.2, 0) is 11.3 Å². The standard InChI is InChI=1S/C17H24F2N2O2/c1-13-7-9-21(10-8-13)16(22)12-20(2)11-14-3-5-15(6-4-14)23-17(18)19/h3-6,13,17H,7-12H2,1-2H3. The van der Waals surface area contributed by atoms with E-state index in [4.69, 9.17) is 0 Å². The van der Waals surface area contributed by atoms with Crippen LogP contribution in [0.3, 0.4) is 0 Å². The zero-order chi connectivity index (χ0) is 16.8. The van der Waals surface area contributed by atoms with E-state index in [1.54, 1.807) is 12.1 Å². The van der Waals surface area contributed by atoms with Gasteiger partial charge in [-0.15, -0.1) is 0 Å². The van der Waals surface area contributed by atoms with E-state index < -0.39 is 6.61 Å². The third kappa shape index (κ3) is 5.78. The molecule has 0 bridgehead atoms. The van der Waals surface area contributed by atoms with Gasteiger partial charge in [0.1, 0.15) is 5.75 Å². The molecule has 2 rings (SSSR count). The summed E-state index contributed by atoms with van der Waals surface area (Å²) in [6.07, 6.45) is 2.14. The number of likely N-dealkylation sites (tertiary alicyclic amines) is 1. The second-order valence-electron chi connectivity index (χ2n) is 6.26. The number of hydrogen-bond donors (Lipinski definition) is 0. The molecule has 4 nitrogen and oxygen atoms in total. The maximum atomic E-state index is 12.3. The maximum Gasteiger partial charge on any atom is 0.387 e. The van der Waals surface area contributed by atoms with Crippen LogP contribution in [0.1, 0.15) is 25.3 Å². The molecule has 0 aliphatic carbocycles. The first-order valence-corrected chi connectivity index (χ1v) is 7.94. The van der Waals surface area contributed by atoms with Gasteiger partial charge in [-0.25, -0.2) is 0 Å². The number of hydrogen-bond acceptors (Lipinski definition) is 3. The molecule has 1 aromatic rings. The predicted molar refractivity (Wildman–Crippen MR) is 84.4 cm³/mol. The van der Waals surface area contributed by atoms with E-state index in [1.807, 2.05) is 16.8 Å². The number of alkyl halides is 2. The number of benzene rings is 1. The molecule has 0 saturated carbocycles. The van der Waals surface area contributed by atoms with Crippen molar-refractivity contribution in [2.75, 3.05) is 26.7 Å². The van der Waals surface area contributed by atoms with Crippen LogP contribution in [0.15, 0.2) is 24.3 Å². The van der Waals surface area contributed by atoms with E-state index in [0.29, 0.717) is 19.0 Å². The zero-order valence-electron chi connectivity index (χ0n) is 13.7. The van der Waals surface area contributed by atoms with Crippen LogP contribution < -0.4 is 4.74 Å². The summed E-state index contributed by atoms with van der Waals surface area (Å²) in [7, 11) is 1.88. The molecule has 1 aromatic carbocycles. The molecule has 1 heterocycles. The lowest BCUT2D eigenvalue weighted by molar-refractivity contribution is -0.133. The highest BCUT2D eigenvalue weighted by Crippen LogP contribution is 2.17. The quantitative estimate of drug-likeness (QED) is 0.806. The first kappa shape index (κ1) is 17.7. The fourth-order valence-electron chi connectivity index (χ4n) is 2.73. The van der Waals surface area contributed by atoms with Crippen LogP contribution in [0.5, 0.6) is 5.75 Å². The topological polar surface area (TPSA) is 32.8 Å². The second-order valence-corrected chi connectivity index (χ2v) is 6.26. The van der Waals surface area contributed by atoms with Crippen molar-refractivity contribution in [1.82, 2.24) is 9.80 Å². The Labute approximate surface area is 136 Å². The van der Waals surface area contributed by atoms with Gasteiger partial charge in [0, 0.05) is 19.6 Å². The fourth-order valence-corrected chi connectivity index (χ4v) is 2.73. The average Bonchev–Trinajstić information content (AvgIpc) is 2.49. The van der Waals surface area contributed by atoms with Gasteiger partial charge in [0.05, 0.1) is 6.54 Å². The van der Waals surface area contributed by atoms with Gasteiger partial charge in [0.25, 0.3) is 0 Å². The number of carbonyl (C=O) groups is 1. The molecule has 1 saturated heterocycles. The van der Waals surface area contributed by atoms with Crippen molar-refractivity contribution in [3.63, 3.8) is 0 Å². The maximum absolute atomic E-state index is 12.3. The van der Waals surface area contributed by atoms with Crippen molar-refractivity contribution in [2.24, 2.45) is 5.92 Å². The van der Waals surface area contributed by atoms with E-state index in [0.717, 1.165) is 31.5 Å². The number of likely N-dealkylation sites (N-methyl/N-ethyl adjacent to an activating group) is 1. The molecule has 1 aliphatic rings. The molecule has 128 valence electrons. The number of halogens is 2.